The van der Waals surface area contributed by atoms with Gasteiger partial charge in [0.15, 0.2) is 0 Å². The molecule has 7 heteroatoms. The van der Waals surface area contributed by atoms with Crippen LogP contribution in [-0.2, 0) is 26.1 Å². The van der Waals surface area contributed by atoms with E-state index in [1.807, 2.05) is 0 Å². The van der Waals surface area contributed by atoms with E-state index in [0.717, 1.165) is 5.56 Å². The summed E-state index contributed by atoms with van der Waals surface area (Å²) < 4.78 is 37.7. The molecule has 0 radical (unpaired) electrons. The minimum Gasteiger partial charge on any atom is -0.496 e. The maximum atomic E-state index is 11.2. The molecule has 0 spiro atoms. The van der Waals surface area contributed by atoms with E-state index in [9.17, 15) is 8.42 Å². The molecule has 0 aliphatic carbocycles. The molecule has 0 atom stereocenters. The van der Waals surface area contributed by atoms with Gasteiger partial charge >= 0.3 is 0 Å². The highest BCUT2D eigenvalue weighted by atomic mass is 35.7. The third-order valence-electron chi connectivity index (χ3n) is 2.30. The van der Waals surface area contributed by atoms with E-state index in [2.05, 4.69) is 0 Å². The van der Waals surface area contributed by atoms with Crippen molar-refractivity contribution in [1.82, 2.24) is 0 Å². The zero-order chi connectivity index (χ0) is 13.8. The maximum absolute atomic E-state index is 11.2. The van der Waals surface area contributed by atoms with Crippen LogP contribution in [0.2, 0.25) is 0 Å². The van der Waals surface area contributed by atoms with Crippen molar-refractivity contribution in [1.29, 1.82) is 0 Å². The standard InChI is InChI=1S/C11H15ClO5S/c1-15-6-8-4-10(16-2)9(7-18(12,13)14)11(5-8)17-3/h4-5H,6-7H2,1-3H3. The van der Waals surface area contributed by atoms with Crippen molar-refractivity contribution in [3.63, 3.8) is 0 Å². The van der Waals surface area contributed by atoms with Crippen LogP contribution in [0.25, 0.3) is 0 Å². The van der Waals surface area contributed by atoms with Gasteiger partial charge in [0.25, 0.3) is 0 Å². The highest BCUT2D eigenvalue weighted by molar-refractivity contribution is 8.13. The van der Waals surface area contributed by atoms with E-state index in [1.165, 1.54) is 14.2 Å². The Balaban J connectivity index is 3.29. The van der Waals surface area contributed by atoms with Gasteiger partial charge in [-0.25, -0.2) is 8.42 Å². The van der Waals surface area contributed by atoms with Gasteiger partial charge < -0.3 is 14.2 Å². The Labute approximate surface area is 111 Å². The smallest absolute Gasteiger partial charge is 0.237 e. The molecule has 0 fully saturated rings. The van der Waals surface area contributed by atoms with E-state index in [4.69, 9.17) is 24.9 Å². The SMILES string of the molecule is COCc1cc(OC)c(CS(=O)(=O)Cl)c(OC)c1. The molecule has 18 heavy (non-hydrogen) atoms. The summed E-state index contributed by atoms with van der Waals surface area (Å²) >= 11 is 0. The van der Waals surface area contributed by atoms with Crippen LogP contribution in [0.15, 0.2) is 12.1 Å². The molecule has 0 aliphatic rings. The van der Waals surface area contributed by atoms with E-state index in [1.54, 1.807) is 19.2 Å². The number of ether oxygens (including phenoxy) is 3. The molecule has 0 amide bonds. The largest absolute Gasteiger partial charge is 0.496 e. The second kappa shape index (κ2) is 6.26. The first-order valence-electron chi connectivity index (χ1n) is 5.06. The highest BCUT2D eigenvalue weighted by Gasteiger charge is 2.18. The summed E-state index contributed by atoms with van der Waals surface area (Å²) in [7, 11) is 6.05. The molecule has 0 N–H and O–H groups in total. The Morgan fingerprint density at radius 2 is 1.61 bits per heavy atom. The van der Waals surface area contributed by atoms with Gasteiger partial charge in [0.05, 0.1) is 32.1 Å². The third-order valence-corrected chi connectivity index (χ3v) is 3.26. The quantitative estimate of drug-likeness (QED) is 0.750. The lowest BCUT2D eigenvalue weighted by Gasteiger charge is -2.14. The van der Waals surface area contributed by atoms with Crippen molar-refractivity contribution >= 4 is 19.7 Å². The molecule has 1 rings (SSSR count). The molecule has 0 aliphatic heterocycles. The van der Waals surface area contributed by atoms with Crippen LogP contribution in [0.4, 0.5) is 0 Å². The maximum Gasteiger partial charge on any atom is 0.237 e. The van der Waals surface area contributed by atoms with Gasteiger partial charge in [0.2, 0.25) is 9.05 Å². The fourth-order valence-corrected chi connectivity index (χ4v) is 2.56. The Bertz CT molecular complexity index is 487. The van der Waals surface area contributed by atoms with Gasteiger partial charge in [-0.3, -0.25) is 0 Å². The van der Waals surface area contributed by atoms with Gasteiger partial charge in [-0.05, 0) is 17.7 Å². The Kier molecular flexibility index (Phi) is 5.25. The molecular formula is C11H15ClO5S. The van der Waals surface area contributed by atoms with Crippen LogP contribution < -0.4 is 9.47 Å². The summed E-state index contributed by atoms with van der Waals surface area (Å²) in [5.41, 5.74) is 1.22. The second-order valence-corrected chi connectivity index (χ2v) is 6.37. The second-order valence-electron chi connectivity index (χ2n) is 3.60. The first-order valence-corrected chi connectivity index (χ1v) is 7.54. The van der Waals surface area contributed by atoms with Gasteiger partial charge in [-0.15, -0.1) is 0 Å². The monoisotopic (exact) mass is 294 g/mol. The van der Waals surface area contributed by atoms with Crippen molar-refractivity contribution < 1.29 is 22.6 Å². The third kappa shape index (κ3) is 4.04. The van der Waals surface area contributed by atoms with Crippen LogP contribution >= 0.6 is 10.7 Å². The molecule has 0 bridgehead atoms. The normalized spacial score (nSPS) is 11.3. The topological polar surface area (TPSA) is 61.8 Å². The lowest BCUT2D eigenvalue weighted by atomic mass is 10.1. The Hall–Kier alpha value is -0.980. The van der Waals surface area contributed by atoms with Gasteiger partial charge in [-0.2, -0.15) is 0 Å². The fourth-order valence-electron chi connectivity index (χ4n) is 1.60. The molecule has 0 saturated carbocycles. The molecule has 0 unspecified atom stereocenters. The van der Waals surface area contributed by atoms with Crippen LogP contribution in [-0.4, -0.2) is 29.7 Å². The molecule has 0 saturated heterocycles. The van der Waals surface area contributed by atoms with Crippen molar-refractivity contribution in [3.8, 4) is 11.5 Å². The average molecular weight is 295 g/mol. The summed E-state index contributed by atoms with van der Waals surface area (Å²) in [6.45, 7) is 0.376. The minimum absolute atomic E-state index is 0.353. The highest BCUT2D eigenvalue weighted by Crippen LogP contribution is 2.33. The first-order chi connectivity index (χ1) is 8.41. The van der Waals surface area contributed by atoms with Crippen molar-refractivity contribution in [3.05, 3.63) is 23.3 Å². The van der Waals surface area contributed by atoms with Gasteiger partial charge in [0.1, 0.15) is 11.5 Å². The van der Waals surface area contributed by atoms with E-state index < -0.39 is 9.05 Å². The molecule has 1 aromatic rings. The van der Waals surface area contributed by atoms with E-state index >= 15 is 0 Å². The van der Waals surface area contributed by atoms with Gasteiger partial charge in [-0.1, -0.05) is 0 Å². The predicted molar refractivity (Wildman–Crippen MR) is 68.7 cm³/mol. The summed E-state index contributed by atoms with van der Waals surface area (Å²) in [6.07, 6.45) is 0. The average Bonchev–Trinajstić information content (AvgIpc) is 2.29. The number of benzene rings is 1. The number of halogens is 1. The molecule has 102 valence electrons. The Morgan fingerprint density at radius 3 is 1.94 bits per heavy atom. The molecule has 0 heterocycles. The minimum atomic E-state index is -3.69. The van der Waals surface area contributed by atoms with Crippen LogP contribution in [0.1, 0.15) is 11.1 Å². The first kappa shape index (κ1) is 15.1. The summed E-state index contributed by atoms with van der Waals surface area (Å²) in [6, 6.07) is 3.40. The Morgan fingerprint density at radius 1 is 1.11 bits per heavy atom. The van der Waals surface area contributed by atoms with Crippen LogP contribution in [0, 0.1) is 0 Å². The van der Waals surface area contributed by atoms with Crippen molar-refractivity contribution in [2.75, 3.05) is 21.3 Å². The number of hydrogen-bond donors (Lipinski definition) is 0. The summed E-state index contributed by atoms with van der Waals surface area (Å²) in [4.78, 5) is 0. The van der Waals surface area contributed by atoms with Gasteiger partial charge in [0, 0.05) is 17.8 Å². The predicted octanol–water partition coefficient (Wildman–Crippen LogP) is 1.92. The summed E-state index contributed by atoms with van der Waals surface area (Å²) in [5.74, 6) is 0.463. The summed E-state index contributed by atoms with van der Waals surface area (Å²) in [5, 5.41) is 0. The lowest BCUT2D eigenvalue weighted by Crippen LogP contribution is -2.03. The number of hydrogen-bond acceptors (Lipinski definition) is 5. The van der Waals surface area contributed by atoms with E-state index in [0.29, 0.717) is 23.7 Å². The molecule has 5 nitrogen and oxygen atoms in total. The molecular weight excluding hydrogens is 280 g/mol. The molecule has 1 aromatic carbocycles. The van der Waals surface area contributed by atoms with Crippen molar-refractivity contribution in [2.45, 2.75) is 12.4 Å². The van der Waals surface area contributed by atoms with E-state index in [-0.39, 0.29) is 5.75 Å². The number of methoxy groups -OCH3 is 3. The van der Waals surface area contributed by atoms with Crippen LogP contribution in [0.3, 0.4) is 0 Å². The van der Waals surface area contributed by atoms with Crippen molar-refractivity contribution in [2.24, 2.45) is 0 Å². The zero-order valence-corrected chi connectivity index (χ0v) is 12.0. The lowest BCUT2D eigenvalue weighted by molar-refractivity contribution is 0.184. The molecule has 0 aromatic heterocycles. The number of rotatable bonds is 6. The zero-order valence-electron chi connectivity index (χ0n) is 10.4. The fraction of sp³-hybridized carbons (Fsp3) is 0.455. The van der Waals surface area contributed by atoms with Crippen LogP contribution in [0.5, 0.6) is 11.5 Å².